The molecular weight excluding hydrogens is 324 g/mol. The van der Waals surface area contributed by atoms with Crippen LogP contribution in [-0.4, -0.2) is 57.4 Å². The van der Waals surface area contributed by atoms with Crippen molar-refractivity contribution in [2.24, 2.45) is 11.3 Å². The second-order valence-corrected chi connectivity index (χ2v) is 7.31. The number of rotatable bonds is 4. The maximum absolute atomic E-state index is 12.5. The highest BCUT2D eigenvalue weighted by Gasteiger charge is 2.27. The highest BCUT2D eigenvalue weighted by Crippen LogP contribution is 2.19. The second kappa shape index (κ2) is 7.58. The van der Waals surface area contributed by atoms with Gasteiger partial charge in [-0.15, -0.1) is 0 Å². The Kier molecular flexibility index (Phi) is 5.71. The first-order valence-corrected chi connectivity index (χ1v) is 8.31. The Balaban J connectivity index is 1.94. The van der Waals surface area contributed by atoms with Crippen LogP contribution in [0, 0.1) is 11.3 Å². The SMILES string of the molecule is CC(C)(C)C(=O)NCC1CCCN(C(=O)c2cnc(C(=O)O)cn2)C1. The third-order valence-electron chi connectivity index (χ3n) is 4.13. The number of piperidine rings is 1. The molecule has 1 aliphatic heterocycles. The van der Waals surface area contributed by atoms with Gasteiger partial charge in [0.1, 0.15) is 5.69 Å². The normalized spacial score (nSPS) is 17.9. The number of carboxylic acids is 1. The number of hydrogen-bond acceptors (Lipinski definition) is 5. The number of carbonyl (C=O) groups is 3. The molecule has 1 fully saturated rings. The van der Waals surface area contributed by atoms with Gasteiger partial charge in [-0.25, -0.2) is 14.8 Å². The molecule has 0 aliphatic carbocycles. The second-order valence-electron chi connectivity index (χ2n) is 7.31. The average Bonchev–Trinajstić information content (AvgIpc) is 2.58. The number of amides is 2. The molecule has 1 atom stereocenters. The molecule has 1 aliphatic rings. The number of likely N-dealkylation sites (tertiary alicyclic amines) is 1. The van der Waals surface area contributed by atoms with Crippen LogP contribution in [0.4, 0.5) is 0 Å². The molecule has 1 aromatic heterocycles. The molecule has 1 unspecified atom stereocenters. The maximum Gasteiger partial charge on any atom is 0.356 e. The summed E-state index contributed by atoms with van der Waals surface area (Å²) in [6.45, 7) is 7.26. The van der Waals surface area contributed by atoms with Gasteiger partial charge < -0.3 is 15.3 Å². The Morgan fingerprint density at radius 3 is 2.44 bits per heavy atom. The van der Waals surface area contributed by atoms with E-state index in [9.17, 15) is 14.4 Å². The fraction of sp³-hybridized carbons (Fsp3) is 0.588. The molecule has 8 nitrogen and oxygen atoms in total. The third-order valence-corrected chi connectivity index (χ3v) is 4.13. The van der Waals surface area contributed by atoms with Crippen LogP contribution in [0.15, 0.2) is 12.4 Å². The summed E-state index contributed by atoms with van der Waals surface area (Å²) in [7, 11) is 0. The Morgan fingerprint density at radius 1 is 1.24 bits per heavy atom. The van der Waals surface area contributed by atoms with E-state index >= 15 is 0 Å². The highest BCUT2D eigenvalue weighted by molar-refractivity contribution is 5.92. The topological polar surface area (TPSA) is 112 Å². The van der Waals surface area contributed by atoms with Crippen LogP contribution in [0.1, 0.15) is 54.6 Å². The van der Waals surface area contributed by atoms with Gasteiger partial charge in [-0.1, -0.05) is 20.8 Å². The first kappa shape index (κ1) is 18.8. The van der Waals surface area contributed by atoms with E-state index in [0.717, 1.165) is 19.0 Å². The third kappa shape index (κ3) is 4.98. The van der Waals surface area contributed by atoms with Crippen LogP contribution in [0.2, 0.25) is 0 Å². The van der Waals surface area contributed by atoms with Gasteiger partial charge in [0.2, 0.25) is 5.91 Å². The summed E-state index contributed by atoms with van der Waals surface area (Å²) >= 11 is 0. The van der Waals surface area contributed by atoms with Crippen LogP contribution >= 0.6 is 0 Å². The number of nitrogens with zero attached hydrogens (tertiary/aromatic N) is 3. The Labute approximate surface area is 146 Å². The van der Waals surface area contributed by atoms with Crippen molar-refractivity contribution < 1.29 is 19.5 Å². The molecule has 0 spiro atoms. The number of hydrogen-bond donors (Lipinski definition) is 2. The molecule has 0 bridgehead atoms. The highest BCUT2D eigenvalue weighted by atomic mass is 16.4. The minimum Gasteiger partial charge on any atom is -0.476 e. The summed E-state index contributed by atoms with van der Waals surface area (Å²) in [4.78, 5) is 44.6. The van der Waals surface area contributed by atoms with E-state index in [1.54, 1.807) is 4.90 Å². The largest absolute Gasteiger partial charge is 0.476 e. The lowest BCUT2D eigenvalue weighted by molar-refractivity contribution is -0.128. The van der Waals surface area contributed by atoms with Gasteiger partial charge in [-0.05, 0) is 18.8 Å². The van der Waals surface area contributed by atoms with Gasteiger partial charge in [-0.3, -0.25) is 9.59 Å². The van der Waals surface area contributed by atoms with Gasteiger partial charge >= 0.3 is 5.97 Å². The summed E-state index contributed by atoms with van der Waals surface area (Å²) in [5, 5.41) is 11.8. The zero-order valence-electron chi connectivity index (χ0n) is 14.8. The van der Waals surface area contributed by atoms with Gasteiger partial charge in [0.15, 0.2) is 5.69 Å². The molecule has 2 N–H and O–H groups in total. The first-order chi connectivity index (χ1) is 11.7. The molecular formula is C17H24N4O4. The van der Waals surface area contributed by atoms with E-state index in [-0.39, 0.29) is 29.1 Å². The van der Waals surface area contributed by atoms with Crippen molar-refractivity contribution in [1.82, 2.24) is 20.2 Å². The molecule has 1 aromatic rings. The van der Waals surface area contributed by atoms with Crippen molar-refractivity contribution in [2.45, 2.75) is 33.6 Å². The Bertz CT molecular complexity index is 652. The molecule has 0 saturated carbocycles. The lowest BCUT2D eigenvalue weighted by Gasteiger charge is -2.33. The molecule has 1 saturated heterocycles. The van der Waals surface area contributed by atoms with Gasteiger partial charge in [0.05, 0.1) is 12.4 Å². The van der Waals surface area contributed by atoms with Crippen LogP contribution in [0.3, 0.4) is 0 Å². The summed E-state index contributed by atoms with van der Waals surface area (Å²) in [6, 6.07) is 0. The van der Waals surface area contributed by atoms with Gasteiger partial charge in [0, 0.05) is 25.0 Å². The van der Waals surface area contributed by atoms with E-state index in [1.807, 2.05) is 20.8 Å². The smallest absolute Gasteiger partial charge is 0.356 e. The van der Waals surface area contributed by atoms with Crippen molar-refractivity contribution in [3.8, 4) is 0 Å². The number of aromatic nitrogens is 2. The summed E-state index contributed by atoms with van der Waals surface area (Å²) in [5.74, 6) is -1.27. The first-order valence-electron chi connectivity index (χ1n) is 8.31. The van der Waals surface area contributed by atoms with Crippen molar-refractivity contribution in [3.63, 3.8) is 0 Å². The molecule has 0 aromatic carbocycles. The number of nitrogens with one attached hydrogen (secondary N) is 1. The van der Waals surface area contributed by atoms with E-state index in [1.165, 1.54) is 6.20 Å². The summed E-state index contributed by atoms with van der Waals surface area (Å²) in [5.41, 5.74) is -0.506. The average molecular weight is 348 g/mol. The predicted molar refractivity (Wildman–Crippen MR) is 90.1 cm³/mol. The van der Waals surface area contributed by atoms with Crippen molar-refractivity contribution >= 4 is 17.8 Å². The van der Waals surface area contributed by atoms with Crippen LogP contribution in [0.5, 0.6) is 0 Å². The predicted octanol–water partition coefficient (Wildman–Crippen LogP) is 1.19. The van der Waals surface area contributed by atoms with E-state index < -0.39 is 11.4 Å². The minimum atomic E-state index is -1.18. The molecule has 2 rings (SSSR count). The number of carboxylic acid groups (broad SMARTS) is 1. The van der Waals surface area contributed by atoms with E-state index in [0.29, 0.717) is 19.6 Å². The summed E-state index contributed by atoms with van der Waals surface area (Å²) < 4.78 is 0. The minimum absolute atomic E-state index is 0.00826. The van der Waals surface area contributed by atoms with E-state index in [2.05, 4.69) is 15.3 Å². The van der Waals surface area contributed by atoms with Gasteiger partial charge in [0.25, 0.3) is 5.91 Å². The molecule has 136 valence electrons. The summed E-state index contributed by atoms with van der Waals surface area (Å²) in [6.07, 6.45) is 4.07. The van der Waals surface area contributed by atoms with Gasteiger partial charge in [-0.2, -0.15) is 0 Å². The molecule has 2 amide bonds. The number of carbonyl (C=O) groups excluding carboxylic acids is 2. The maximum atomic E-state index is 12.5. The zero-order chi connectivity index (χ0) is 18.6. The van der Waals surface area contributed by atoms with Crippen molar-refractivity contribution in [3.05, 3.63) is 23.8 Å². The van der Waals surface area contributed by atoms with Crippen LogP contribution in [0.25, 0.3) is 0 Å². The fourth-order valence-electron chi connectivity index (χ4n) is 2.63. The molecule has 25 heavy (non-hydrogen) atoms. The van der Waals surface area contributed by atoms with Crippen LogP contribution in [-0.2, 0) is 4.79 Å². The standard InChI is InChI=1S/C17H24N4O4/c1-17(2,3)16(25)20-7-11-5-4-6-21(10-11)14(22)12-8-19-13(9-18-12)15(23)24/h8-9,11H,4-7,10H2,1-3H3,(H,20,25)(H,23,24). The Morgan fingerprint density at radius 2 is 1.88 bits per heavy atom. The lowest BCUT2D eigenvalue weighted by Crippen LogP contribution is -2.45. The van der Waals surface area contributed by atoms with E-state index in [4.69, 9.17) is 5.11 Å². The quantitative estimate of drug-likeness (QED) is 0.845. The molecule has 2 heterocycles. The van der Waals surface area contributed by atoms with Crippen LogP contribution < -0.4 is 5.32 Å². The Hall–Kier alpha value is -2.51. The fourth-order valence-corrected chi connectivity index (χ4v) is 2.63. The van der Waals surface area contributed by atoms with Crippen molar-refractivity contribution in [2.75, 3.05) is 19.6 Å². The number of aromatic carboxylic acids is 1. The molecule has 0 radical (unpaired) electrons. The van der Waals surface area contributed by atoms with Crippen molar-refractivity contribution in [1.29, 1.82) is 0 Å². The monoisotopic (exact) mass is 348 g/mol. The zero-order valence-corrected chi connectivity index (χ0v) is 14.8. The molecule has 8 heteroatoms. The lowest BCUT2D eigenvalue weighted by atomic mass is 9.94.